The quantitative estimate of drug-likeness (QED) is 0.196. The van der Waals surface area contributed by atoms with Gasteiger partial charge in [0.25, 0.3) is 5.89 Å². The predicted molar refractivity (Wildman–Crippen MR) is 138 cm³/mol. The minimum absolute atomic E-state index is 0. The number of aryl methyl sites for hydroxylation is 1. The number of halogens is 1. The number of nitrogens with one attached hydrogen (secondary N) is 2. The lowest BCUT2D eigenvalue weighted by atomic mass is 10.1. The highest BCUT2D eigenvalue weighted by Gasteiger charge is 2.09. The number of benzene rings is 2. The maximum absolute atomic E-state index is 10.3. The first kappa shape index (κ1) is 25.8. The van der Waals surface area contributed by atoms with Crippen molar-refractivity contribution in [1.29, 1.82) is 0 Å². The van der Waals surface area contributed by atoms with Gasteiger partial charge in [-0.15, -0.1) is 24.0 Å². The Morgan fingerprint density at radius 2 is 1.91 bits per heavy atom. The van der Waals surface area contributed by atoms with E-state index in [9.17, 15) is 5.11 Å². The average Bonchev–Trinajstić information content (AvgIpc) is 3.27. The summed E-state index contributed by atoms with van der Waals surface area (Å²) in [4.78, 5) is 9.12. The summed E-state index contributed by atoms with van der Waals surface area (Å²) in [5, 5.41) is 20.9. The number of guanidine groups is 1. The summed E-state index contributed by atoms with van der Waals surface area (Å²) in [5.74, 6) is 1.99. The number of rotatable bonds is 10. The second kappa shape index (κ2) is 13.8. The number of hydrogen-bond donors (Lipinski definition) is 3. The monoisotopic (exact) mass is 549 g/mol. The van der Waals surface area contributed by atoms with Crippen molar-refractivity contribution >= 4 is 29.9 Å². The van der Waals surface area contributed by atoms with E-state index in [0.29, 0.717) is 25.4 Å². The molecule has 3 rings (SSSR count). The van der Waals surface area contributed by atoms with Gasteiger partial charge in [-0.25, -0.2) is 4.99 Å². The van der Waals surface area contributed by atoms with Crippen molar-refractivity contribution in [2.24, 2.45) is 4.99 Å². The van der Waals surface area contributed by atoms with Gasteiger partial charge in [-0.1, -0.05) is 54.5 Å². The van der Waals surface area contributed by atoms with Crippen molar-refractivity contribution in [3.05, 3.63) is 71.5 Å². The fourth-order valence-electron chi connectivity index (χ4n) is 3.18. The number of hydrogen-bond acceptors (Lipinski definition) is 5. The molecule has 0 amide bonds. The largest absolute Gasteiger partial charge is 0.388 e. The number of aliphatic hydroxyl groups is 1. The molecule has 0 spiro atoms. The van der Waals surface area contributed by atoms with Gasteiger partial charge in [-0.3, -0.25) is 0 Å². The van der Waals surface area contributed by atoms with Crippen LogP contribution in [0, 0.1) is 0 Å². The molecular formula is C24H32IN5O2. The molecule has 0 saturated heterocycles. The molecule has 1 heterocycles. The third-order valence-corrected chi connectivity index (χ3v) is 4.77. The Bertz CT molecular complexity index is 962. The van der Waals surface area contributed by atoms with Crippen molar-refractivity contribution in [1.82, 2.24) is 20.8 Å². The maximum Gasteiger partial charge on any atom is 0.257 e. The Morgan fingerprint density at radius 1 is 1.09 bits per heavy atom. The zero-order chi connectivity index (χ0) is 21.9. The predicted octanol–water partition coefficient (Wildman–Crippen LogP) is 4.49. The summed E-state index contributed by atoms with van der Waals surface area (Å²) in [5.41, 5.74) is 2.87. The van der Waals surface area contributed by atoms with Crippen LogP contribution in [0.3, 0.4) is 0 Å². The smallest absolute Gasteiger partial charge is 0.257 e. The third kappa shape index (κ3) is 7.90. The number of aliphatic imine (C=N–C) groups is 1. The lowest BCUT2D eigenvalue weighted by Gasteiger charge is -2.14. The number of aliphatic hydroxyl groups excluding tert-OH is 1. The molecule has 8 heteroatoms. The first-order valence-electron chi connectivity index (χ1n) is 10.9. The van der Waals surface area contributed by atoms with E-state index in [0.717, 1.165) is 47.9 Å². The van der Waals surface area contributed by atoms with Gasteiger partial charge in [0.1, 0.15) is 0 Å². The van der Waals surface area contributed by atoms with E-state index >= 15 is 0 Å². The van der Waals surface area contributed by atoms with Crippen molar-refractivity contribution in [2.75, 3.05) is 13.1 Å². The molecule has 1 unspecified atom stereocenters. The van der Waals surface area contributed by atoms with Crippen LogP contribution < -0.4 is 10.6 Å². The Morgan fingerprint density at radius 3 is 2.66 bits per heavy atom. The molecule has 1 atom stereocenters. The summed E-state index contributed by atoms with van der Waals surface area (Å²) in [6, 6.07) is 17.7. The molecular weight excluding hydrogens is 517 g/mol. The van der Waals surface area contributed by atoms with Crippen molar-refractivity contribution in [3.8, 4) is 11.5 Å². The highest BCUT2D eigenvalue weighted by molar-refractivity contribution is 14.0. The molecule has 0 radical (unpaired) electrons. The standard InChI is InChI=1S/C24H31N5O2.HI/c1-3-9-22-28-23(31-29-22)20-13-8-10-18(16-20)17-27-24(25-4-2)26-15-14-21(30)19-11-6-5-7-12-19;/h5-8,10-13,16,21,30H,3-4,9,14-15,17H2,1-2H3,(H2,25,26,27);1H. The van der Waals surface area contributed by atoms with E-state index in [2.05, 4.69) is 32.7 Å². The van der Waals surface area contributed by atoms with Gasteiger partial charge >= 0.3 is 0 Å². The van der Waals surface area contributed by atoms with E-state index in [4.69, 9.17) is 4.52 Å². The SMILES string of the molecule is CCCc1noc(-c2cccc(CN=C(NCC)NCCC(O)c3ccccc3)c2)n1.I. The van der Waals surface area contributed by atoms with E-state index in [1.165, 1.54) is 0 Å². The number of aromatic nitrogens is 2. The van der Waals surface area contributed by atoms with E-state index < -0.39 is 6.10 Å². The molecule has 2 aromatic carbocycles. The molecule has 3 N–H and O–H groups in total. The summed E-state index contributed by atoms with van der Waals surface area (Å²) in [6.07, 6.45) is 1.89. The van der Waals surface area contributed by atoms with Crippen LogP contribution in [-0.4, -0.2) is 34.3 Å². The van der Waals surface area contributed by atoms with Crippen LogP contribution >= 0.6 is 24.0 Å². The number of nitrogens with zero attached hydrogens (tertiary/aromatic N) is 3. The van der Waals surface area contributed by atoms with Crippen LogP contribution in [0.25, 0.3) is 11.5 Å². The van der Waals surface area contributed by atoms with Gasteiger partial charge < -0.3 is 20.3 Å². The Balaban J connectivity index is 0.00000363. The minimum Gasteiger partial charge on any atom is -0.388 e. The molecule has 3 aromatic rings. The molecule has 1 aromatic heterocycles. The highest BCUT2D eigenvalue weighted by atomic mass is 127. The van der Waals surface area contributed by atoms with Gasteiger partial charge in [0.05, 0.1) is 12.6 Å². The van der Waals surface area contributed by atoms with Crippen LogP contribution in [0.1, 0.15) is 49.7 Å². The fourth-order valence-corrected chi connectivity index (χ4v) is 3.18. The first-order chi connectivity index (χ1) is 15.2. The van der Waals surface area contributed by atoms with Gasteiger partial charge in [-0.05, 0) is 43.0 Å². The van der Waals surface area contributed by atoms with Gasteiger partial charge in [0.15, 0.2) is 11.8 Å². The lowest BCUT2D eigenvalue weighted by molar-refractivity contribution is 0.168. The molecule has 0 aliphatic carbocycles. The minimum atomic E-state index is -0.500. The second-order valence-electron chi connectivity index (χ2n) is 7.30. The lowest BCUT2D eigenvalue weighted by Crippen LogP contribution is -2.38. The summed E-state index contributed by atoms with van der Waals surface area (Å²) in [6.45, 7) is 6.01. The van der Waals surface area contributed by atoms with Crippen molar-refractivity contribution in [2.45, 2.75) is 45.8 Å². The van der Waals surface area contributed by atoms with E-state index in [-0.39, 0.29) is 24.0 Å². The molecule has 0 bridgehead atoms. The van der Waals surface area contributed by atoms with Gasteiger partial charge in [0.2, 0.25) is 0 Å². The van der Waals surface area contributed by atoms with Crippen LogP contribution in [0.15, 0.2) is 64.1 Å². The van der Waals surface area contributed by atoms with Crippen molar-refractivity contribution < 1.29 is 9.63 Å². The summed E-state index contributed by atoms with van der Waals surface area (Å²) in [7, 11) is 0. The molecule has 172 valence electrons. The molecule has 0 fully saturated rings. The molecule has 0 saturated carbocycles. The van der Waals surface area contributed by atoms with E-state index in [1.54, 1.807) is 0 Å². The topological polar surface area (TPSA) is 95.6 Å². The molecule has 0 aliphatic rings. The van der Waals surface area contributed by atoms with Crippen LogP contribution in [0.2, 0.25) is 0 Å². The molecule has 0 aliphatic heterocycles. The second-order valence-corrected chi connectivity index (χ2v) is 7.30. The Labute approximate surface area is 206 Å². The normalized spacial score (nSPS) is 12.2. The van der Waals surface area contributed by atoms with Crippen LogP contribution in [0.4, 0.5) is 0 Å². The third-order valence-electron chi connectivity index (χ3n) is 4.77. The first-order valence-corrected chi connectivity index (χ1v) is 10.9. The summed E-state index contributed by atoms with van der Waals surface area (Å²) < 4.78 is 5.39. The maximum atomic E-state index is 10.3. The van der Waals surface area contributed by atoms with Gasteiger partial charge in [-0.2, -0.15) is 4.98 Å². The highest BCUT2D eigenvalue weighted by Crippen LogP contribution is 2.19. The average molecular weight is 549 g/mol. The van der Waals surface area contributed by atoms with Crippen LogP contribution in [-0.2, 0) is 13.0 Å². The Hall–Kier alpha value is -2.46. The Kier molecular flexibility index (Phi) is 11.2. The summed E-state index contributed by atoms with van der Waals surface area (Å²) >= 11 is 0. The van der Waals surface area contributed by atoms with Gasteiger partial charge in [0, 0.05) is 25.1 Å². The van der Waals surface area contributed by atoms with E-state index in [1.807, 2.05) is 61.5 Å². The fraction of sp³-hybridized carbons (Fsp3) is 0.375. The molecule has 7 nitrogen and oxygen atoms in total. The zero-order valence-corrected chi connectivity index (χ0v) is 21.0. The van der Waals surface area contributed by atoms with Crippen molar-refractivity contribution in [3.63, 3.8) is 0 Å². The van der Waals surface area contributed by atoms with Crippen LogP contribution in [0.5, 0.6) is 0 Å². The zero-order valence-electron chi connectivity index (χ0n) is 18.6. The molecule has 32 heavy (non-hydrogen) atoms.